The van der Waals surface area contributed by atoms with Gasteiger partial charge in [0.2, 0.25) is 0 Å². The molecular weight excluding hydrogens is 561 g/mol. The molecule has 0 aliphatic carbocycles. The lowest BCUT2D eigenvalue weighted by Gasteiger charge is -2.44. The normalized spacial score (nSPS) is 18.5. The molecule has 4 rings (SSSR count). The summed E-state index contributed by atoms with van der Waals surface area (Å²) in [6.45, 7) is 2.30. The summed E-state index contributed by atoms with van der Waals surface area (Å²) in [4.78, 5) is 30.1. The highest BCUT2D eigenvalue weighted by atomic mass is 32.2. The number of rotatable bonds is 10. The van der Waals surface area contributed by atoms with Crippen LogP contribution in [0.25, 0.3) is 0 Å². The second-order valence-corrected chi connectivity index (χ2v) is 13.1. The number of likely N-dealkylation sites (N-methyl/N-ethyl adjacent to an activating group) is 1. The van der Waals surface area contributed by atoms with Crippen LogP contribution in [0.5, 0.6) is 11.5 Å². The molecular formula is C31H36FN3O6S. The predicted molar refractivity (Wildman–Crippen MR) is 157 cm³/mol. The first kappa shape index (κ1) is 31.3. The first-order valence-electron chi connectivity index (χ1n) is 13.6. The van der Waals surface area contributed by atoms with Crippen molar-refractivity contribution in [2.75, 3.05) is 47.3 Å². The molecule has 1 heterocycles. The van der Waals surface area contributed by atoms with Crippen molar-refractivity contribution in [3.63, 3.8) is 0 Å². The van der Waals surface area contributed by atoms with Gasteiger partial charge in [-0.1, -0.05) is 36.4 Å². The van der Waals surface area contributed by atoms with Gasteiger partial charge in [-0.15, -0.1) is 0 Å². The number of hydrogen-bond acceptors (Lipinski definition) is 7. The van der Waals surface area contributed by atoms with Gasteiger partial charge in [0.25, 0.3) is 10.2 Å². The molecule has 2 atom stereocenters. The number of halogens is 1. The number of Topliss-reactive ketones (excluding diaryl/α,β-unsaturated/α-hetero) is 2. The van der Waals surface area contributed by atoms with Gasteiger partial charge in [-0.2, -0.15) is 17.0 Å². The van der Waals surface area contributed by atoms with Gasteiger partial charge in [0.1, 0.15) is 17.3 Å². The molecule has 224 valence electrons. The minimum absolute atomic E-state index is 0.0881. The van der Waals surface area contributed by atoms with E-state index < -0.39 is 33.8 Å². The van der Waals surface area contributed by atoms with Crippen LogP contribution in [0.15, 0.2) is 66.7 Å². The number of carbonyl (C=O) groups excluding carboxylic acids is 2. The summed E-state index contributed by atoms with van der Waals surface area (Å²) in [5, 5.41) is 20.2. The molecule has 1 saturated heterocycles. The number of aromatic hydroxyl groups is 2. The lowest BCUT2D eigenvalue weighted by molar-refractivity contribution is 0.0564. The Bertz CT molecular complexity index is 1510. The van der Waals surface area contributed by atoms with E-state index in [4.69, 9.17) is 0 Å². The fourth-order valence-corrected chi connectivity index (χ4v) is 6.52. The van der Waals surface area contributed by atoms with Crippen molar-refractivity contribution >= 4 is 21.8 Å². The van der Waals surface area contributed by atoms with Crippen LogP contribution in [-0.2, 0) is 10.2 Å². The summed E-state index contributed by atoms with van der Waals surface area (Å²) in [7, 11) is 0.647. The maximum Gasteiger partial charge on any atom is 0.281 e. The Morgan fingerprint density at radius 1 is 0.881 bits per heavy atom. The van der Waals surface area contributed by atoms with Gasteiger partial charge in [-0.05, 0) is 48.4 Å². The van der Waals surface area contributed by atoms with E-state index in [0.717, 1.165) is 4.31 Å². The van der Waals surface area contributed by atoms with E-state index in [-0.39, 0.29) is 60.4 Å². The number of nitrogens with zero attached hydrogens (tertiary/aromatic N) is 3. The van der Waals surface area contributed by atoms with E-state index in [9.17, 15) is 32.6 Å². The second-order valence-electron chi connectivity index (χ2n) is 10.9. The highest BCUT2D eigenvalue weighted by Crippen LogP contribution is 2.42. The monoisotopic (exact) mass is 597 g/mol. The van der Waals surface area contributed by atoms with Crippen molar-refractivity contribution in [1.82, 2.24) is 13.5 Å². The Kier molecular flexibility index (Phi) is 9.47. The summed E-state index contributed by atoms with van der Waals surface area (Å²) in [5.41, 5.74) is 1.35. The first-order valence-corrected chi connectivity index (χ1v) is 15.0. The van der Waals surface area contributed by atoms with E-state index in [1.807, 2.05) is 4.90 Å². The Labute approximate surface area is 246 Å². The van der Waals surface area contributed by atoms with E-state index in [2.05, 4.69) is 0 Å². The zero-order chi connectivity index (χ0) is 30.8. The molecule has 0 saturated carbocycles. The third-order valence-corrected chi connectivity index (χ3v) is 9.86. The Balaban J connectivity index is 1.81. The summed E-state index contributed by atoms with van der Waals surface area (Å²) in [6.07, 6.45) is 0. The number of phenolic OH excluding ortho intramolecular Hbond substituents is 2. The minimum atomic E-state index is -3.69. The summed E-state index contributed by atoms with van der Waals surface area (Å²) < 4.78 is 42.5. The van der Waals surface area contributed by atoms with E-state index in [0.29, 0.717) is 11.1 Å². The van der Waals surface area contributed by atoms with Crippen LogP contribution in [0.3, 0.4) is 0 Å². The number of benzene rings is 3. The maximum absolute atomic E-state index is 14.9. The standard InChI is InChI=1S/C31H36FN3O6S/c1-20-25(12-7-13-28(20)32)29-26(30(38)21-8-5-10-23(36)16-21)18-35(15-14-34(4)42(40,41)33(2)3)19-27(29)31(39)22-9-6-11-24(37)17-22/h5-13,16-17,26-27,29,36-37H,14-15,18-19H2,1-4H3/t26-,27-/m0/s1. The second kappa shape index (κ2) is 12.7. The zero-order valence-corrected chi connectivity index (χ0v) is 24.9. The number of carbonyl (C=O) groups is 2. The van der Waals surface area contributed by atoms with Crippen LogP contribution in [-0.4, -0.2) is 91.0 Å². The number of phenols is 2. The van der Waals surface area contributed by atoms with Crippen molar-refractivity contribution in [3.05, 3.63) is 94.8 Å². The summed E-state index contributed by atoms with van der Waals surface area (Å²) >= 11 is 0. The van der Waals surface area contributed by atoms with Gasteiger partial charge in [-0.25, -0.2) is 4.39 Å². The van der Waals surface area contributed by atoms with Crippen LogP contribution >= 0.6 is 0 Å². The number of likely N-dealkylation sites (tertiary alicyclic amines) is 1. The maximum atomic E-state index is 14.9. The highest BCUT2D eigenvalue weighted by molar-refractivity contribution is 7.86. The van der Waals surface area contributed by atoms with Crippen molar-refractivity contribution < 1.29 is 32.6 Å². The van der Waals surface area contributed by atoms with Crippen LogP contribution in [0.4, 0.5) is 4.39 Å². The molecule has 11 heteroatoms. The van der Waals surface area contributed by atoms with Gasteiger partial charge >= 0.3 is 0 Å². The molecule has 2 N–H and O–H groups in total. The molecule has 3 aromatic rings. The molecule has 1 aliphatic rings. The fraction of sp³-hybridized carbons (Fsp3) is 0.355. The van der Waals surface area contributed by atoms with Gasteiger partial charge in [0, 0.05) is 76.2 Å². The average Bonchev–Trinajstić information content (AvgIpc) is 2.96. The molecule has 9 nitrogen and oxygen atoms in total. The van der Waals surface area contributed by atoms with Crippen molar-refractivity contribution in [1.29, 1.82) is 0 Å². The van der Waals surface area contributed by atoms with E-state index in [1.165, 1.54) is 55.8 Å². The predicted octanol–water partition coefficient (Wildman–Crippen LogP) is 3.68. The van der Waals surface area contributed by atoms with Crippen LogP contribution in [0.2, 0.25) is 0 Å². The molecule has 0 spiro atoms. The third-order valence-electron chi connectivity index (χ3n) is 7.97. The smallest absolute Gasteiger partial charge is 0.281 e. The number of hydrogen-bond donors (Lipinski definition) is 2. The molecule has 1 aliphatic heterocycles. The van der Waals surface area contributed by atoms with Crippen LogP contribution < -0.4 is 0 Å². The van der Waals surface area contributed by atoms with Gasteiger partial charge < -0.3 is 15.1 Å². The lowest BCUT2D eigenvalue weighted by atomic mass is 9.68. The summed E-state index contributed by atoms with van der Waals surface area (Å²) in [6, 6.07) is 16.5. The van der Waals surface area contributed by atoms with E-state index >= 15 is 0 Å². The zero-order valence-electron chi connectivity index (χ0n) is 24.1. The topological polar surface area (TPSA) is 118 Å². The highest BCUT2D eigenvalue weighted by Gasteiger charge is 2.45. The molecule has 1 fully saturated rings. The minimum Gasteiger partial charge on any atom is -0.508 e. The first-order chi connectivity index (χ1) is 19.8. The quantitative estimate of drug-likeness (QED) is 0.343. The largest absolute Gasteiger partial charge is 0.508 e. The Morgan fingerprint density at radius 3 is 1.86 bits per heavy atom. The molecule has 0 aromatic heterocycles. The lowest BCUT2D eigenvalue weighted by Crippen LogP contribution is -2.52. The average molecular weight is 598 g/mol. The molecule has 42 heavy (non-hydrogen) atoms. The SMILES string of the molecule is Cc1c(F)cccc1C1[C@@H](C(=O)c2cccc(O)c2)CN(CCN(C)S(=O)(=O)N(C)C)C[C@@H]1C(=O)c1cccc(O)c1. The summed E-state index contributed by atoms with van der Waals surface area (Å²) in [5.74, 6) is -3.68. The third kappa shape index (κ3) is 6.54. The van der Waals surface area contributed by atoms with E-state index in [1.54, 1.807) is 43.3 Å². The molecule has 0 bridgehead atoms. The molecule has 0 unspecified atom stereocenters. The van der Waals surface area contributed by atoms with Gasteiger partial charge in [-0.3, -0.25) is 9.59 Å². The number of ketones is 2. The van der Waals surface area contributed by atoms with Crippen LogP contribution in [0, 0.1) is 24.6 Å². The van der Waals surface area contributed by atoms with Crippen LogP contribution in [0.1, 0.15) is 37.8 Å². The van der Waals surface area contributed by atoms with Crippen molar-refractivity contribution in [2.45, 2.75) is 12.8 Å². The van der Waals surface area contributed by atoms with Crippen molar-refractivity contribution in [2.24, 2.45) is 11.8 Å². The molecule has 0 amide bonds. The molecule has 3 aromatic carbocycles. The Hall–Kier alpha value is -3.64. The Morgan fingerprint density at radius 2 is 1.38 bits per heavy atom. The molecule has 0 radical (unpaired) electrons. The van der Waals surface area contributed by atoms with Gasteiger partial charge in [0.15, 0.2) is 11.6 Å². The fourth-order valence-electron chi connectivity index (χ4n) is 5.65. The van der Waals surface area contributed by atoms with Crippen molar-refractivity contribution in [3.8, 4) is 11.5 Å². The van der Waals surface area contributed by atoms with Gasteiger partial charge in [0.05, 0.1) is 0 Å². The number of piperidine rings is 1.